The van der Waals surface area contributed by atoms with E-state index in [1.807, 2.05) is 39.0 Å². The van der Waals surface area contributed by atoms with Gasteiger partial charge < -0.3 is 5.32 Å². The van der Waals surface area contributed by atoms with Gasteiger partial charge in [0.15, 0.2) is 0 Å². The molecule has 8 nitrogen and oxygen atoms in total. The number of anilines is 1. The van der Waals surface area contributed by atoms with E-state index in [1.165, 1.54) is 18.2 Å². The van der Waals surface area contributed by atoms with Crippen LogP contribution in [-0.2, 0) is 14.8 Å². The van der Waals surface area contributed by atoms with Crippen molar-refractivity contribution in [2.24, 2.45) is 0 Å². The Morgan fingerprint density at radius 2 is 1.77 bits per heavy atom. The molecular weight excluding hydrogens is 418 g/mol. The molecule has 0 heterocycles. The highest BCUT2D eigenvalue weighted by atomic mass is 32.2. The molecule has 0 aliphatic heterocycles. The summed E-state index contributed by atoms with van der Waals surface area (Å²) in [5, 5.41) is 14.1. The van der Waals surface area contributed by atoms with Crippen molar-refractivity contribution in [1.82, 2.24) is 5.32 Å². The predicted molar refractivity (Wildman–Crippen MR) is 122 cm³/mol. The van der Waals surface area contributed by atoms with E-state index in [2.05, 4.69) is 5.32 Å². The third-order valence-electron chi connectivity index (χ3n) is 5.28. The fraction of sp³-hybridized carbons (Fsp3) is 0.409. The number of aryl methyl sites for hydroxylation is 2. The maximum atomic E-state index is 13.2. The number of nitrogens with one attached hydrogen (secondary N) is 1. The molecule has 0 aromatic heterocycles. The number of sulfonamides is 1. The summed E-state index contributed by atoms with van der Waals surface area (Å²) >= 11 is 0. The highest BCUT2D eigenvalue weighted by Gasteiger charge is 2.33. The molecule has 2 aromatic carbocycles. The van der Waals surface area contributed by atoms with Crippen molar-refractivity contribution in [3.05, 3.63) is 69.3 Å². The predicted octanol–water partition coefficient (Wildman–Crippen LogP) is 4.02. The smallest absolute Gasteiger partial charge is 0.271 e. The Morgan fingerprint density at radius 3 is 2.29 bits per heavy atom. The largest absolute Gasteiger partial charge is 0.347 e. The molecule has 0 saturated heterocycles. The lowest BCUT2D eigenvalue weighted by Crippen LogP contribution is -2.50. The first-order valence-electron chi connectivity index (χ1n) is 10.1. The van der Waals surface area contributed by atoms with Gasteiger partial charge in [0.05, 0.1) is 22.9 Å². The molecule has 0 saturated carbocycles. The Kier molecular flexibility index (Phi) is 7.78. The quantitative estimate of drug-likeness (QED) is 0.461. The zero-order chi connectivity index (χ0) is 23.3. The maximum absolute atomic E-state index is 13.2. The van der Waals surface area contributed by atoms with Crippen LogP contribution in [0.25, 0.3) is 0 Å². The van der Waals surface area contributed by atoms with E-state index in [1.54, 1.807) is 6.92 Å². The summed E-state index contributed by atoms with van der Waals surface area (Å²) in [4.78, 5) is 23.7. The molecule has 2 rings (SSSR count). The van der Waals surface area contributed by atoms with E-state index in [-0.39, 0.29) is 23.8 Å². The number of rotatable bonds is 9. The second-order valence-electron chi connectivity index (χ2n) is 7.57. The minimum absolute atomic E-state index is 0.0814. The highest BCUT2D eigenvalue weighted by Crippen LogP contribution is 2.27. The molecule has 31 heavy (non-hydrogen) atoms. The summed E-state index contributed by atoms with van der Waals surface area (Å²) in [7, 11) is -3.89. The second kappa shape index (κ2) is 9.91. The summed E-state index contributed by atoms with van der Waals surface area (Å²) in [5.41, 5.74) is 3.02. The molecule has 2 atom stereocenters. The van der Waals surface area contributed by atoms with Crippen molar-refractivity contribution in [3.8, 4) is 0 Å². The summed E-state index contributed by atoms with van der Waals surface area (Å²) in [6.45, 7) is 7.65. The van der Waals surface area contributed by atoms with E-state index < -0.39 is 26.9 Å². The first-order valence-corrected chi connectivity index (χ1v) is 12.0. The minimum atomic E-state index is -3.89. The van der Waals surface area contributed by atoms with E-state index in [0.717, 1.165) is 33.3 Å². The molecule has 2 aromatic rings. The summed E-state index contributed by atoms with van der Waals surface area (Å²) in [5.74, 6) is -0.454. The molecule has 1 N–H and O–H groups in total. The van der Waals surface area contributed by atoms with Crippen LogP contribution >= 0.6 is 0 Å². The number of carbonyl (C=O) groups is 1. The fourth-order valence-electron chi connectivity index (χ4n) is 3.47. The molecule has 0 fully saturated rings. The van der Waals surface area contributed by atoms with Crippen LogP contribution in [0.5, 0.6) is 0 Å². The van der Waals surface area contributed by atoms with Crippen molar-refractivity contribution in [2.45, 2.75) is 52.6 Å². The van der Waals surface area contributed by atoms with Crippen LogP contribution in [0.3, 0.4) is 0 Å². The van der Waals surface area contributed by atoms with Crippen LogP contribution in [0, 0.1) is 24.0 Å². The summed E-state index contributed by atoms with van der Waals surface area (Å²) in [6.07, 6.45) is 1.81. The van der Waals surface area contributed by atoms with Crippen LogP contribution in [0.4, 0.5) is 11.4 Å². The molecule has 0 unspecified atom stereocenters. The third-order valence-corrected chi connectivity index (χ3v) is 6.46. The van der Waals surface area contributed by atoms with Crippen LogP contribution in [0.1, 0.15) is 49.4 Å². The zero-order valence-electron chi connectivity index (χ0n) is 18.5. The van der Waals surface area contributed by atoms with Crippen LogP contribution in [0.15, 0.2) is 42.5 Å². The number of nitro benzene ring substituents is 1. The van der Waals surface area contributed by atoms with Gasteiger partial charge in [-0.3, -0.25) is 19.2 Å². The van der Waals surface area contributed by atoms with Gasteiger partial charge in [-0.1, -0.05) is 38.1 Å². The number of carbonyl (C=O) groups excluding carboxylic acids is 1. The molecule has 1 amide bonds. The SMILES string of the molecule is CC[C@@H](NC(=O)[C@H](CC)N(c1cccc([N+](=O)[O-])c1)S(C)(=O)=O)c1ccc(C)c(C)c1. The second-order valence-corrected chi connectivity index (χ2v) is 9.43. The lowest BCUT2D eigenvalue weighted by atomic mass is 9.99. The van der Waals surface area contributed by atoms with Crippen molar-refractivity contribution in [1.29, 1.82) is 0 Å². The number of hydrogen-bond acceptors (Lipinski definition) is 5. The Hall–Kier alpha value is -2.94. The van der Waals surface area contributed by atoms with Gasteiger partial charge >= 0.3 is 0 Å². The Bertz CT molecular complexity index is 1070. The van der Waals surface area contributed by atoms with E-state index in [9.17, 15) is 23.3 Å². The average Bonchev–Trinajstić information content (AvgIpc) is 2.71. The fourth-order valence-corrected chi connectivity index (χ4v) is 4.68. The van der Waals surface area contributed by atoms with E-state index in [0.29, 0.717) is 6.42 Å². The Labute approximate surface area is 183 Å². The molecule has 0 radical (unpaired) electrons. The highest BCUT2D eigenvalue weighted by molar-refractivity contribution is 7.92. The number of amides is 1. The number of nitrogens with zero attached hydrogens (tertiary/aromatic N) is 2. The standard InChI is InChI=1S/C22H29N3O5S/c1-6-20(17-12-11-15(3)16(4)13-17)23-22(26)21(7-2)24(31(5,29)30)18-9-8-10-19(14-18)25(27)28/h8-14,20-21H,6-7H2,1-5H3,(H,23,26)/t20-,21+/m1/s1. The minimum Gasteiger partial charge on any atom is -0.347 e. The van der Waals surface area contributed by atoms with Gasteiger partial charge in [0.1, 0.15) is 6.04 Å². The molecule has 0 aliphatic carbocycles. The molecular formula is C22H29N3O5S. The zero-order valence-corrected chi connectivity index (χ0v) is 19.3. The maximum Gasteiger partial charge on any atom is 0.271 e. The van der Waals surface area contributed by atoms with Crippen LogP contribution in [0.2, 0.25) is 0 Å². The van der Waals surface area contributed by atoms with Crippen molar-refractivity contribution < 1.29 is 18.1 Å². The van der Waals surface area contributed by atoms with Crippen molar-refractivity contribution >= 4 is 27.3 Å². The number of nitro groups is 1. The van der Waals surface area contributed by atoms with Crippen LogP contribution in [-0.4, -0.2) is 31.5 Å². The van der Waals surface area contributed by atoms with Crippen molar-refractivity contribution in [3.63, 3.8) is 0 Å². The molecule has 168 valence electrons. The molecule has 9 heteroatoms. The van der Waals surface area contributed by atoms with Gasteiger partial charge in [-0.25, -0.2) is 8.42 Å². The molecule has 0 bridgehead atoms. The summed E-state index contributed by atoms with van der Waals surface area (Å²) in [6, 6.07) is 9.92. The Balaban J connectivity index is 2.41. The summed E-state index contributed by atoms with van der Waals surface area (Å²) < 4.78 is 26.2. The van der Waals surface area contributed by atoms with E-state index in [4.69, 9.17) is 0 Å². The first-order chi connectivity index (χ1) is 14.5. The number of benzene rings is 2. The van der Waals surface area contributed by atoms with Gasteiger partial charge in [0, 0.05) is 12.1 Å². The Morgan fingerprint density at radius 1 is 1.10 bits per heavy atom. The molecule has 0 aliphatic rings. The normalized spacial score (nSPS) is 13.3. The van der Waals surface area contributed by atoms with Gasteiger partial charge in [-0.15, -0.1) is 0 Å². The molecule has 0 spiro atoms. The monoisotopic (exact) mass is 447 g/mol. The topological polar surface area (TPSA) is 110 Å². The average molecular weight is 448 g/mol. The lowest BCUT2D eigenvalue weighted by Gasteiger charge is -2.31. The van der Waals surface area contributed by atoms with Crippen LogP contribution < -0.4 is 9.62 Å². The lowest BCUT2D eigenvalue weighted by molar-refractivity contribution is -0.384. The number of hydrogen-bond donors (Lipinski definition) is 1. The number of non-ortho nitro benzene ring substituents is 1. The van der Waals surface area contributed by atoms with Gasteiger partial charge in [0.25, 0.3) is 5.69 Å². The van der Waals surface area contributed by atoms with Crippen molar-refractivity contribution in [2.75, 3.05) is 10.6 Å². The first kappa shape index (κ1) is 24.3. The third kappa shape index (κ3) is 5.81. The van der Waals surface area contributed by atoms with Gasteiger partial charge in [-0.2, -0.15) is 0 Å². The van der Waals surface area contributed by atoms with Gasteiger partial charge in [0.2, 0.25) is 15.9 Å². The van der Waals surface area contributed by atoms with Gasteiger partial charge in [-0.05, 0) is 49.4 Å². The van der Waals surface area contributed by atoms with E-state index >= 15 is 0 Å².